The highest BCUT2D eigenvalue weighted by Gasteiger charge is 2.09. The first kappa shape index (κ1) is 20.5. The van der Waals surface area contributed by atoms with Crippen LogP contribution in [-0.2, 0) is 15.1 Å². The molecule has 29 heavy (non-hydrogen) atoms. The second-order valence-corrected chi connectivity index (χ2v) is 6.82. The fourth-order valence-electron chi connectivity index (χ4n) is 2.43. The van der Waals surface area contributed by atoms with Gasteiger partial charge in [-0.15, -0.1) is 0 Å². The summed E-state index contributed by atoms with van der Waals surface area (Å²) in [7, 11) is -2.24. The molecule has 0 radical (unpaired) electrons. The number of nitrogens with one attached hydrogen (secondary N) is 3. The molecule has 3 rings (SSSR count). The zero-order chi connectivity index (χ0) is 20.6. The molecule has 1 atom stereocenters. The Hall–Kier alpha value is -3.21. The summed E-state index contributed by atoms with van der Waals surface area (Å²) in [6.07, 6.45) is 0. The van der Waals surface area contributed by atoms with Crippen molar-refractivity contribution in [2.24, 2.45) is 4.36 Å². The van der Waals surface area contributed by atoms with E-state index in [1.165, 1.54) is 0 Å². The van der Waals surface area contributed by atoms with Gasteiger partial charge < -0.3 is 23.5 Å². The SMILES string of the molecule is C[C@@H](CO)Nc1nc(NNc2ccc(N=[S-](=O)O)cc2)cc(-c2ccccc2)n1. The molecule has 0 aliphatic carbocycles. The van der Waals surface area contributed by atoms with Gasteiger partial charge in [0.15, 0.2) is 5.82 Å². The number of benzene rings is 2. The number of hydrogen-bond acceptors (Lipinski definition) is 9. The first-order chi connectivity index (χ1) is 14.0. The maximum atomic E-state index is 10.7. The molecule has 0 aliphatic rings. The Bertz CT molecular complexity index is 1020. The largest absolute Gasteiger partial charge is 0.454 e. The van der Waals surface area contributed by atoms with Crippen molar-refractivity contribution < 1.29 is 13.9 Å². The molecule has 10 heteroatoms. The second kappa shape index (κ2) is 9.82. The minimum absolute atomic E-state index is 0.0457. The summed E-state index contributed by atoms with van der Waals surface area (Å²) in [5.74, 6) is 0.911. The van der Waals surface area contributed by atoms with Crippen LogP contribution in [0, 0.1) is 0 Å². The number of nitrogens with zero attached hydrogens (tertiary/aromatic N) is 3. The van der Waals surface area contributed by atoms with Gasteiger partial charge in [0.05, 0.1) is 18.0 Å². The lowest BCUT2D eigenvalue weighted by atomic mass is 10.1. The molecule has 0 spiro atoms. The topological polar surface area (TPSA) is 132 Å². The highest BCUT2D eigenvalue weighted by atomic mass is 32.2. The summed E-state index contributed by atoms with van der Waals surface area (Å²) in [5, 5.41) is 12.4. The molecule has 5 N–H and O–H groups in total. The lowest BCUT2D eigenvalue weighted by Gasteiger charge is -2.15. The minimum atomic E-state index is -2.24. The predicted molar refractivity (Wildman–Crippen MR) is 114 cm³/mol. The van der Waals surface area contributed by atoms with E-state index in [0.717, 1.165) is 11.3 Å². The van der Waals surface area contributed by atoms with E-state index in [2.05, 4.69) is 30.5 Å². The summed E-state index contributed by atoms with van der Waals surface area (Å²) in [6, 6.07) is 17.9. The van der Waals surface area contributed by atoms with Crippen molar-refractivity contribution >= 4 is 34.0 Å². The Balaban J connectivity index is 1.81. The van der Waals surface area contributed by atoms with Crippen LogP contribution in [0.5, 0.6) is 0 Å². The molecule has 9 nitrogen and oxygen atoms in total. The van der Waals surface area contributed by atoms with E-state index >= 15 is 0 Å². The van der Waals surface area contributed by atoms with Crippen LogP contribution in [0.25, 0.3) is 11.3 Å². The van der Waals surface area contributed by atoms with E-state index in [1.54, 1.807) is 30.3 Å². The highest BCUT2D eigenvalue weighted by molar-refractivity contribution is 7.68. The molecule has 152 valence electrons. The van der Waals surface area contributed by atoms with Gasteiger partial charge in [-0.1, -0.05) is 41.2 Å². The number of hydrogen-bond donors (Lipinski definition) is 5. The summed E-state index contributed by atoms with van der Waals surface area (Å²) < 4.78 is 23.1. The van der Waals surface area contributed by atoms with Crippen molar-refractivity contribution in [2.45, 2.75) is 13.0 Å². The fourth-order valence-corrected chi connectivity index (χ4v) is 2.73. The van der Waals surface area contributed by atoms with E-state index in [9.17, 15) is 9.32 Å². The number of aliphatic hydroxyl groups is 1. The van der Waals surface area contributed by atoms with Crippen LogP contribution in [0.3, 0.4) is 0 Å². The summed E-state index contributed by atoms with van der Waals surface area (Å²) >= 11 is 0. The molecule has 1 heterocycles. The fraction of sp³-hybridized carbons (Fsp3) is 0.158. The normalized spacial score (nSPS) is 12.9. The van der Waals surface area contributed by atoms with Gasteiger partial charge in [-0.25, -0.2) is 4.98 Å². The highest BCUT2D eigenvalue weighted by Crippen LogP contribution is 2.22. The van der Waals surface area contributed by atoms with Crippen LogP contribution in [0.1, 0.15) is 6.92 Å². The molecule has 0 amide bonds. The lowest BCUT2D eigenvalue weighted by molar-refractivity contribution is 0.281. The van der Waals surface area contributed by atoms with Gasteiger partial charge in [-0.05, 0) is 31.2 Å². The van der Waals surface area contributed by atoms with E-state index < -0.39 is 10.9 Å². The Labute approximate surface area is 170 Å². The summed E-state index contributed by atoms with van der Waals surface area (Å²) in [5.41, 5.74) is 8.80. The van der Waals surface area contributed by atoms with Crippen molar-refractivity contribution in [3.05, 3.63) is 60.7 Å². The van der Waals surface area contributed by atoms with Crippen molar-refractivity contribution in [1.82, 2.24) is 9.97 Å². The molecule has 0 aliphatic heterocycles. The van der Waals surface area contributed by atoms with Crippen molar-refractivity contribution in [2.75, 3.05) is 22.8 Å². The zero-order valence-corrected chi connectivity index (χ0v) is 16.4. The van der Waals surface area contributed by atoms with Gasteiger partial charge in [0.25, 0.3) is 0 Å². The van der Waals surface area contributed by atoms with Gasteiger partial charge in [-0.3, -0.25) is 10.9 Å². The number of rotatable bonds is 8. The van der Waals surface area contributed by atoms with E-state index in [-0.39, 0.29) is 12.6 Å². The van der Waals surface area contributed by atoms with Crippen LogP contribution in [0.2, 0.25) is 0 Å². The standard InChI is InChI=1S/C19H21N6O3S/c1-13(12-26)20-19-21-17(14-5-3-2-4-6-14)11-18(22-19)24-23-15-7-9-16(10-8-15)25-29(27)28/h2-11,13,23,26H,12H2,1H3,(H,25,27,28)(H2,20,21,22,24)/q-1/t13-/m0/s1. The van der Waals surface area contributed by atoms with E-state index in [1.807, 2.05) is 37.3 Å². The molecule has 1 aromatic heterocycles. The summed E-state index contributed by atoms with van der Waals surface area (Å²) in [6.45, 7) is 1.78. The molecule has 0 fully saturated rings. The van der Waals surface area contributed by atoms with Gasteiger partial charge in [-0.2, -0.15) is 4.98 Å². The van der Waals surface area contributed by atoms with Gasteiger partial charge in [0.1, 0.15) is 0 Å². The average Bonchev–Trinajstić information content (AvgIpc) is 2.73. The Kier molecular flexibility index (Phi) is 6.95. The predicted octanol–water partition coefficient (Wildman–Crippen LogP) is 3.63. The molecule has 2 aromatic carbocycles. The smallest absolute Gasteiger partial charge is 0.225 e. The zero-order valence-electron chi connectivity index (χ0n) is 15.6. The average molecular weight is 413 g/mol. The van der Waals surface area contributed by atoms with Crippen LogP contribution < -0.4 is 16.2 Å². The van der Waals surface area contributed by atoms with Crippen molar-refractivity contribution in [3.8, 4) is 11.3 Å². The number of aliphatic hydroxyl groups excluding tert-OH is 1. The van der Waals surface area contributed by atoms with Crippen LogP contribution in [0.4, 0.5) is 23.1 Å². The Morgan fingerprint density at radius 3 is 2.45 bits per heavy atom. The van der Waals surface area contributed by atoms with Gasteiger partial charge in [0.2, 0.25) is 5.95 Å². The van der Waals surface area contributed by atoms with E-state index in [0.29, 0.717) is 23.1 Å². The number of aromatic nitrogens is 2. The lowest BCUT2D eigenvalue weighted by Crippen LogP contribution is -2.21. The Morgan fingerprint density at radius 2 is 1.79 bits per heavy atom. The first-order valence-corrected chi connectivity index (χ1v) is 9.86. The van der Waals surface area contributed by atoms with E-state index in [4.69, 9.17) is 4.55 Å². The third kappa shape index (κ3) is 6.14. The number of hydrazine groups is 1. The third-order valence-corrected chi connectivity index (χ3v) is 4.20. The monoisotopic (exact) mass is 413 g/mol. The quantitative estimate of drug-likeness (QED) is 0.215. The van der Waals surface area contributed by atoms with Crippen LogP contribution in [0.15, 0.2) is 65.0 Å². The van der Waals surface area contributed by atoms with Crippen molar-refractivity contribution in [1.29, 1.82) is 0 Å². The number of anilines is 3. The molecular formula is C19H21N6O3S-. The molecular weight excluding hydrogens is 392 g/mol. The van der Waals surface area contributed by atoms with Gasteiger partial charge >= 0.3 is 0 Å². The molecule has 0 unspecified atom stereocenters. The maximum absolute atomic E-state index is 10.7. The maximum Gasteiger partial charge on any atom is 0.225 e. The molecule has 0 saturated carbocycles. The third-order valence-electron chi connectivity index (χ3n) is 3.83. The Morgan fingerprint density at radius 1 is 1.07 bits per heavy atom. The minimum Gasteiger partial charge on any atom is -0.454 e. The summed E-state index contributed by atoms with van der Waals surface area (Å²) in [4.78, 5) is 8.94. The van der Waals surface area contributed by atoms with Crippen molar-refractivity contribution in [3.63, 3.8) is 0 Å². The first-order valence-electron chi connectivity index (χ1n) is 8.80. The second-order valence-electron chi connectivity index (χ2n) is 6.17. The molecule has 0 saturated heterocycles. The molecule has 3 aromatic rings. The van der Waals surface area contributed by atoms with Crippen LogP contribution >= 0.6 is 0 Å². The van der Waals surface area contributed by atoms with Crippen LogP contribution in [-0.4, -0.2) is 32.3 Å². The molecule has 0 bridgehead atoms. The van der Waals surface area contributed by atoms with Gasteiger partial charge in [0, 0.05) is 23.4 Å².